The summed E-state index contributed by atoms with van der Waals surface area (Å²) < 4.78 is 11.4. The van der Waals surface area contributed by atoms with Crippen LogP contribution in [-0.2, 0) is 26.3 Å². The standard InChI is InChI=1S/C35H50N2O5/c1-34(2,3)25-17-18-27(42-8)24(19-25)21-36-29-28(35(4,5)6)31(33(39)40)37(30(29)22-13-10-9-11-14-22)32(38)23-15-12-16-26(20-23)41-7/h9-11,13-14,17-19,23,26,28-31,36H,12,15-16,20-21H2,1-8H3,(H,39,40)/t23-,26-,28+,29+,30+,31+/m1/s1. The fourth-order valence-electron chi connectivity index (χ4n) is 7.13. The first-order chi connectivity index (χ1) is 19.8. The lowest BCUT2D eigenvalue weighted by Crippen LogP contribution is -2.49. The van der Waals surface area contributed by atoms with Gasteiger partial charge in [-0.05, 0) is 47.3 Å². The Bertz CT molecular complexity index is 1230. The van der Waals surface area contributed by atoms with Crippen molar-refractivity contribution in [2.75, 3.05) is 14.2 Å². The summed E-state index contributed by atoms with van der Waals surface area (Å²) in [5.41, 5.74) is 2.71. The lowest BCUT2D eigenvalue weighted by Gasteiger charge is -2.36. The highest BCUT2D eigenvalue weighted by molar-refractivity contribution is 5.87. The van der Waals surface area contributed by atoms with Gasteiger partial charge in [-0.1, -0.05) is 90.4 Å². The monoisotopic (exact) mass is 578 g/mol. The third-order valence-corrected chi connectivity index (χ3v) is 9.30. The molecular formula is C35H50N2O5. The topological polar surface area (TPSA) is 88.1 Å². The zero-order valence-electron chi connectivity index (χ0n) is 26.6. The molecule has 230 valence electrons. The van der Waals surface area contributed by atoms with Crippen LogP contribution in [0.15, 0.2) is 48.5 Å². The van der Waals surface area contributed by atoms with Gasteiger partial charge in [-0.25, -0.2) is 4.79 Å². The number of amides is 1. The van der Waals surface area contributed by atoms with Crippen LogP contribution in [0.25, 0.3) is 0 Å². The summed E-state index contributed by atoms with van der Waals surface area (Å²) in [6, 6.07) is 14.5. The van der Waals surface area contributed by atoms with Crippen LogP contribution in [0.4, 0.5) is 0 Å². The van der Waals surface area contributed by atoms with Gasteiger partial charge in [0.05, 0.1) is 19.3 Å². The molecule has 1 amide bonds. The molecule has 4 rings (SSSR count). The van der Waals surface area contributed by atoms with E-state index in [0.717, 1.165) is 36.1 Å². The van der Waals surface area contributed by atoms with Crippen LogP contribution in [0.2, 0.25) is 0 Å². The Balaban J connectivity index is 1.81. The van der Waals surface area contributed by atoms with Gasteiger partial charge in [0.2, 0.25) is 5.91 Å². The summed E-state index contributed by atoms with van der Waals surface area (Å²) in [7, 11) is 3.37. The van der Waals surface area contributed by atoms with E-state index in [1.807, 2.05) is 36.4 Å². The number of methoxy groups -OCH3 is 2. The van der Waals surface area contributed by atoms with Crippen molar-refractivity contribution in [1.29, 1.82) is 0 Å². The molecule has 0 aromatic heterocycles. The van der Waals surface area contributed by atoms with Crippen LogP contribution in [-0.4, -0.2) is 54.3 Å². The molecule has 1 aliphatic carbocycles. The number of nitrogens with zero attached hydrogens (tertiary/aromatic N) is 1. The molecule has 2 aromatic rings. The molecule has 1 aliphatic heterocycles. The quantitative estimate of drug-likeness (QED) is 0.379. The Morgan fingerprint density at radius 2 is 1.69 bits per heavy atom. The molecule has 1 heterocycles. The number of likely N-dealkylation sites (tertiary alicyclic amines) is 1. The predicted molar refractivity (Wildman–Crippen MR) is 165 cm³/mol. The Labute approximate surface area is 252 Å². The number of hydrogen-bond acceptors (Lipinski definition) is 5. The van der Waals surface area contributed by atoms with E-state index in [0.29, 0.717) is 13.0 Å². The summed E-state index contributed by atoms with van der Waals surface area (Å²) in [5.74, 6) is -0.862. The largest absolute Gasteiger partial charge is 0.496 e. The van der Waals surface area contributed by atoms with Gasteiger partial charge in [0.25, 0.3) is 0 Å². The van der Waals surface area contributed by atoms with E-state index in [4.69, 9.17) is 9.47 Å². The van der Waals surface area contributed by atoms with Gasteiger partial charge in [-0.15, -0.1) is 0 Å². The molecule has 2 fully saturated rings. The Morgan fingerprint density at radius 1 is 1.00 bits per heavy atom. The van der Waals surface area contributed by atoms with Crippen molar-refractivity contribution in [2.45, 2.75) is 103 Å². The zero-order chi connectivity index (χ0) is 30.8. The average molecular weight is 579 g/mol. The number of carboxylic acid groups (broad SMARTS) is 1. The molecule has 2 aliphatic rings. The number of carbonyl (C=O) groups excluding carboxylic acids is 1. The first-order valence-corrected chi connectivity index (χ1v) is 15.3. The Kier molecular flexibility index (Phi) is 9.73. The van der Waals surface area contributed by atoms with Gasteiger partial charge in [0, 0.05) is 37.1 Å². The molecule has 2 N–H and O–H groups in total. The zero-order valence-corrected chi connectivity index (χ0v) is 26.6. The number of rotatable bonds is 8. The molecule has 7 heteroatoms. The van der Waals surface area contributed by atoms with Gasteiger partial charge in [-0.2, -0.15) is 0 Å². The molecule has 6 atom stereocenters. The minimum absolute atomic E-state index is 0.0173. The molecule has 0 radical (unpaired) electrons. The number of hydrogen-bond donors (Lipinski definition) is 2. The Morgan fingerprint density at radius 3 is 2.26 bits per heavy atom. The predicted octanol–water partition coefficient (Wildman–Crippen LogP) is 6.36. The number of nitrogens with one attached hydrogen (secondary N) is 1. The van der Waals surface area contributed by atoms with Crippen molar-refractivity contribution in [3.05, 3.63) is 65.2 Å². The lowest BCUT2D eigenvalue weighted by atomic mass is 9.72. The lowest BCUT2D eigenvalue weighted by molar-refractivity contribution is -0.155. The van der Waals surface area contributed by atoms with E-state index in [1.165, 1.54) is 5.56 Å². The van der Waals surface area contributed by atoms with E-state index < -0.39 is 23.5 Å². The fraction of sp³-hybridized carbons (Fsp3) is 0.600. The molecule has 2 aromatic carbocycles. The maximum Gasteiger partial charge on any atom is 0.326 e. The Hall–Kier alpha value is -2.90. The van der Waals surface area contributed by atoms with Gasteiger partial charge >= 0.3 is 5.97 Å². The van der Waals surface area contributed by atoms with Crippen molar-refractivity contribution in [3.8, 4) is 5.75 Å². The normalized spacial score (nSPS) is 26.7. The van der Waals surface area contributed by atoms with Crippen molar-refractivity contribution in [2.24, 2.45) is 17.3 Å². The van der Waals surface area contributed by atoms with Crippen LogP contribution in [0.5, 0.6) is 5.75 Å². The summed E-state index contributed by atoms with van der Waals surface area (Å²) in [4.78, 5) is 29.3. The maximum atomic E-state index is 14.5. The molecule has 42 heavy (non-hydrogen) atoms. The number of ether oxygens (including phenoxy) is 2. The van der Waals surface area contributed by atoms with Gasteiger partial charge < -0.3 is 24.8 Å². The van der Waals surface area contributed by atoms with E-state index in [-0.39, 0.29) is 35.3 Å². The first kappa shape index (κ1) is 32.0. The second-order valence-corrected chi connectivity index (χ2v) is 14.2. The minimum Gasteiger partial charge on any atom is -0.496 e. The van der Waals surface area contributed by atoms with Crippen molar-refractivity contribution < 1.29 is 24.2 Å². The van der Waals surface area contributed by atoms with Crippen molar-refractivity contribution in [1.82, 2.24) is 10.2 Å². The highest BCUT2D eigenvalue weighted by atomic mass is 16.5. The van der Waals surface area contributed by atoms with Crippen molar-refractivity contribution in [3.63, 3.8) is 0 Å². The fourth-order valence-corrected chi connectivity index (χ4v) is 7.13. The van der Waals surface area contributed by atoms with E-state index in [2.05, 4.69) is 59.0 Å². The molecule has 0 spiro atoms. The van der Waals surface area contributed by atoms with E-state index in [1.54, 1.807) is 19.1 Å². The highest BCUT2D eigenvalue weighted by Crippen LogP contribution is 2.49. The minimum atomic E-state index is -0.967. The van der Waals surface area contributed by atoms with Crippen molar-refractivity contribution >= 4 is 11.9 Å². The number of benzene rings is 2. The molecule has 0 bridgehead atoms. The highest BCUT2D eigenvalue weighted by Gasteiger charge is 2.58. The molecule has 7 nitrogen and oxygen atoms in total. The number of carboxylic acids is 1. The second kappa shape index (κ2) is 12.8. The molecule has 0 unspecified atom stereocenters. The molecule has 1 saturated heterocycles. The van der Waals surface area contributed by atoms with Crippen LogP contribution >= 0.6 is 0 Å². The van der Waals surface area contributed by atoms with Crippen LogP contribution in [0.3, 0.4) is 0 Å². The maximum absolute atomic E-state index is 14.5. The summed E-state index contributed by atoms with van der Waals surface area (Å²) in [6.45, 7) is 13.3. The smallest absolute Gasteiger partial charge is 0.326 e. The van der Waals surface area contributed by atoms with Gasteiger partial charge in [0.1, 0.15) is 11.8 Å². The van der Waals surface area contributed by atoms with Gasteiger partial charge in [0.15, 0.2) is 0 Å². The summed E-state index contributed by atoms with van der Waals surface area (Å²) >= 11 is 0. The summed E-state index contributed by atoms with van der Waals surface area (Å²) in [5, 5.41) is 14.6. The average Bonchev–Trinajstić information content (AvgIpc) is 3.31. The SMILES string of the molecule is COc1ccc(C(C)(C)C)cc1CN[C@H]1[C@H](C(C)(C)C)[C@@H](C(=O)O)N(C(=O)[C@@H]2CCC[C@@H](OC)C2)[C@H]1c1ccccc1. The second-order valence-electron chi connectivity index (χ2n) is 14.2. The van der Waals surface area contributed by atoms with Crippen LogP contribution < -0.4 is 10.1 Å². The molecule has 1 saturated carbocycles. The third-order valence-electron chi connectivity index (χ3n) is 9.30. The van der Waals surface area contributed by atoms with Gasteiger partial charge in [-0.3, -0.25) is 4.79 Å². The first-order valence-electron chi connectivity index (χ1n) is 15.3. The number of carbonyl (C=O) groups is 2. The molecular weight excluding hydrogens is 528 g/mol. The van der Waals surface area contributed by atoms with Crippen LogP contribution in [0.1, 0.15) is 90.0 Å². The van der Waals surface area contributed by atoms with E-state index >= 15 is 0 Å². The van der Waals surface area contributed by atoms with Crippen LogP contribution in [0, 0.1) is 17.3 Å². The van der Waals surface area contributed by atoms with E-state index in [9.17, 15) is 14.7 Å². The third kappa shape index (κ3) is 6.68. The summed E-state index contributed by atoms with van der Waals surface area (Å²) in [6.07, 6.45) is 3.20. The number of aliphatic carboxylic acids is 1.